The van der Waals surface area contributed by atoms with E-state index < -0.39 is 0 Å². The highest BCUT2D eigenvalue weighted by molar-refractivity contribution is 6.32. The summed E-state index contributed by atoms with van der Waals surface area (Å²) in [5.41, 5.74) is 6.57. The van der Waals surface area contributed by atoms with Gasteiger partial charge in [-0.1, -0.05) is 11.6 Å². The zero-order valence-corrected chi connectivity index (χ0v) is 13.0. The Hall–Kier alpha value is -2.40. The highest BCUT2D eigenvalue weighted by Crippen LogP contribution is 2.32. The average molecular weight is 322 g/mol. The molecule has 2 aromatic carbocycles. The van der Waals surface area contributed by atoms with E-state index in [2.05, 4.69) is 0 Å². The molecular formula is C16H16ClNO4. The number of nitrogen functional groups attached to an aromatic ring is 1. The van der Waals surface area contributed by atoms with Crippen molar-refractivity contribution in [1.82, 2.24) is 0 Å². The van der Waals surface area contributed by atoms with E-state index in [-0.39, 0.29) is 12.4 Å². The second-order valence-corrected chi connectivity index (χ2v) is 4.88. The van der Waals surface area contributed by atoms with Gasteiger partial charge in [0.05, 0.1) is 24.8 Å². The second-order valence-electron chi connectivity index (χ2n) is 4.47. The van der Waals surface area contributed by atoms with Crippen molar-refractivity contribution in [3.63, 3.8) is 0 Å². The summed E-state index contributed by atoms with van der Waals surface area (Å²) in [6.45, 7) is -0.134. The molecule has 0 aliphatic carbocycles. The molecular weight excluding hydrogens is 306 g/mol. The SMILES string of the molecule is COc1cc(C(=O)COc2ccc(N)cc2)c(OC)cc1Cl. The van der Waals surface area contributed by atoms with Crippen LogP contribution in [0.1, 0.15) is 10.4 Å². The minimum Gasteiger partial charge on any atom is -0.496 e. The highest BCUT2D eigenvalue weighted by atomic mass is 35.5. The van der Waals surface area contributed by atoms with Gasteiger partial charge in [0.2, 0.25) is 5.78 Å². The summed E-state index contributed by atoms with van der Waals surface area (Å²) < 4.78 is 15.7. The monoisotopic (exact) mass is 321 g/mol. The maximum absolute atomic E-state index is 12.3. The van der Waals surface area contributed by atoms with Crippen LogP contribution in [-0.4, -0.2) is 26.6 Å². The molecule has 0 spiro atoms. The van der Waals surface area contributed by atoms with Gasteiger partial charge in [-0.3, -0.25) is 4.79 Å². The van der Waals surface area contributed by atoms with Crippen LogP contribution in [0.15, 0.2) is 36.4 Å². The fourth-order valence-electron chi connectivity index (χ4n) is 1.87. The molecule has 0 radical (unpaired) electrons. The number of methoxy groups -OCH3 is 2. The summed E-state index contributed by atoms with van der Waals surface area (Å²) >= 11 is 6.01. The Morgan fingerprint density at radius 1 is 1.09 bits per heavy atom. The first-order chi connectivity index (χ1) is 10.5. The van der Waals surface area contributed by atoms with E-state index in [4.69, 9.17) is 31.5 Å². The number of carbonyl (C=O) groups excluding carboxylic acids is 1. The van der Waals surface area contributed by atoms with Gasteiger partial charge in [0, 0.05) is 11.8 Å². The number of ether oxygens (including phenoxy) is 3. The van der Waals surface area contributed by atoms with Crippen LogP contribution >= 0.6 is 11.6 Å². The van der Waals surface area contributed by atoms with E-state index in [9.17, 15) is 4.79 Å². The van der Waals surface area contributed by atoms with Gasteiger partial charge in [-0.25, -0.2) is 0 Å². The molecule has 0 saturated heterocycles. The Kier molecular flexibility index (Phi) is 5.12. The van der Waals surface area contributed by atoms with Crippen LogP contribution in [0.3, 0.4) is 0 Å². The molecule has 5 nitrogen and oxygen atoms in total. The van der Waals surface area contributed by atoms with Gasteiger partial charge in [-0.2, -0.15) is 0 Å². The Morgan fingerprint density at radius 3 is 2.32 bits per heavy atom. The van der Waals surface area contributed by atoms with Crippen molar-refractivity contribution in [2.75, 3.05) is 26.6 Å². The molecule has 22 heavy (non-hydrogen) atoms. The molecule has 0 bridgehead atoms. The third-order valence-corrected chi connectivity index (χ3v) is 3.32. The van der Waals surface area contributed by atoms with Gasteiger partial charge in [0.1, 0.15) is 17.2 Å². The van der Waals surface area contributed by atoms with Crippen LogP contribution in [0.25, 0.3) is 0 Å². The third-order valence-electron chi connectivity index (χ3n) is 3.02. The lowest BCUT2D eigenvalue weighted by Crippen LogP contribution is -2.13. The number of ketones is 1. The van der Waals surface area contributed by atoms with Crippen LogP contribution in [0, 0.1) is 0 Å². The first kappa shape index (κ1) is 16.0. The molecule has 2 N–H and O–H groups in total. The topological polar surface area (TPSA) is 70.8 Å². The Balaban J connectivity index is 2.16. The van der Waals surface area contributed by atoms with Crippen LogP contribution in [-0.2, 0) is 0 Å². The van der Waals surface area contributed by atoms with Gasteiger partial charge in [0.15, 0.2) is 6.61 Å². The summed E-state index contributed by atoms with van der Waals surface area (Å²) in [5, 5.41) is 0.371. The van der Waals surface area contributed by atoms with E-state index in [1.54, 1.807) is 24.3 Å². The average Bonchev–Trinajstić information content (AvgIpc) is 2.53. The Morgan fingerprint density at radius 2 is 1.73 bits per heavy atom. The molecule has 0 fully saturated rings. The summed E-state index contributed by atoms with van der Waals surface area (Å²) in [6, 6.07) is 9.87. The van der Waals surface area contributed by atoms with Gasteiger partial charge in [-0.15, -0.1) is 0 Å². The molecule has 0 saturated carbocycles. The van der Waals surface area contributed by atoms with Crippen LogP contribution in [0.4, 0.5) is 5.69 Å². The zero-order chi connectivity index (χ0) is 16.1. The Labute approximate surface area is 133 Å². The molecule has 6 heteroatoms. The first-order valence-corrected chi connectivity index (χ1v) is 6.86. The predicted octanol–water partition coefficient (Wildman–Crippen LogP) is 3.20. The minimum absolute atomic E-state index is 0.134. The van der Waals surface area contributed by atoms with Gasteiger partial charge in [-0.05, 0) is 30.3 Å². The largest absolute Gasteiger partial charge is 0.496 e. The number of Topliss-reactive ketones (excluding diaryl/α,β-unsaturated/α-hetero) is 1. The van der Waals surface area contributed by atoms with E-state index in [0.717, 1.165) is 0 Å². The molecule has 0 amide bonds. The van der Waals surface area contributed by atoms with Crippen molar-refractivity contribution in [3.05, 3.63) is 47.0 Å². The van der Waals surface area contributed by atoms with Crippen LogP contribution < -0.4 is 19.9 Å². The van der Waals surface area contributed by atoms with E-state index in [1.165, 1.54) is 26.4 Å². The lowest BCUT2D eigenvalue weighted by molar-refractivity contribution is 0.0918. The first-order valence-electron chi connectivity index (χ1n) is 6.48. The molecule has 2 rings (SSSR count). The summed E-state index contributed by atoms with van der Waals surface area (Å²) in [6.07, 6.45) is 0. The van der Waals surface area contributed by atoms with Gasteiger partial charge < -0.3 is 19.9 Å². The lowest BCUT2D eigenvalue weighted by atomic mass is 10.1. The fourth-order valence-corrected chi connectivity index (χ4v) is 2.10. The smallest absolute Gasteiger partial charge is 0.204 e. The normalized spacial score (nSPS) is 10.1. The maximum Gasteiger partial charge on any atom is 0.204 e. The summed E-state index contributed by atoms with van der Waals surface area (Å²) in [4.78, 5) is 12.3. The number of nitrogens with two attached hydrogens (primary N) is 1. The third kappa shape index (κ3) is 3.62. The number of benzene rings is 2. The summed E-state index contributed by atoms with van der Waals surface area (Å²) in [7, 11) is 2.95. The number of anilines is 1. The van der Waals surface area contributed by atoms with Crippen LogP contribution in [0.2, 0.25) is 5.02 Å². The standard InChI is InChI=1S/C16H16ClNO4/c1-20-15-8-13(17)16(21-2)7-12(15)14(19)9-22-11-5-3-10(18)4-6-11/h3-8H,9,18H2,1-2H3. The van der Waals surface area contributed by atoms with Crippen LogP contribution in [0.5, 0.6) is 17.2 Å². The molecule has 0 aliphatic rings. The van der Waals surface area contributed by atoms with E-state index in [1.807, 2.05) is 0 Å². The van der Waals surface area contributed by atoms with E-state index >= 15 is 0 Å². The van der Waals surface area contributed by atoms with Gasteiger partial charge in [0.25, 0.3) is 0 Å². The van der Waals surface area contributed by atoms with Crippen molar-refractivity contribution >= 4 is 23.1 Å². The van der Waals surface area contributed by atoms with Gasteiger partial charge >= 0.3 is 0 Å². The minimum atomic E-state index is -0.247. The number of halogens is 1. The number of hydrogen-bond donors (Lipinski definition) is 1. The van der Waals surface area contributed by atoms with Crippen molar-refractivity contribution in [1.29, 1.82) is 0 Å². The lowest BCUT2D eigenvalue weighted by Gasteiger charge is -2.12. The molecule has 116 valence electrons. The van der Waals surface area contributed by atoms with Crippen molar-refractivity contribution in [2.24, 2.45) is 0 Å². The number of rotatable bonds is 6. The molecule has 0 aromatic heterocycles. The predicted molar refractivity (Wildman–Crippen MR) is 85.2 cm³/mol. The molecule has 0 aliphatic heterocycles. The Bertz CT molecular complexity index is 671. The number of carbonyl (C=O) groups is 1. The van der Waals surface area contributed by atoms with E-state index in [0.29, 0.717) is 33.5 Å². The van der Waals surface area contributed by atoms with Crippen molar-refractivity contribution < 1.29 is 19.0 Å². The fraction of sp³-hybridized carbons (Fsp3) is 0.188. The highest BCUT2D eigenvalue weighted by Gasteiger charge is 2.17. The summed E-state index contributed by atoms with van der Waals surface area (Å²) in [5.74, 6) is 1.08. The molecule has 0 unspecified atom stereocenters. The number of hydrogen-bond acceptors (Lipinski definition) is 5. The molecule has 0 heterocycles. The molecule has 2 aromatic rings. The van der Waals surface area contributed by atoms with Crippen molar-refractivity contribution in [2.45, 2.75) is 0 Å². The quantitative estimate of drug-likeness (QED) is 0.653. The second kappa shape index (κ2) is 7.04. The zero-order valence-electron chi connectivity index (χ0n) is 12.3. The molecule has 0 atom stereocenters. The maximum atomic E-state index is 12.3. The van der Waals surface area contributed by atoms with Crippen molar-refractivity contribution in [3.8, 4) is 17.2 Å².